The number of carbonyl (C=O) groups excluding carboxylic acids is 1. The molecule has 0 unspecified atom stereocenters. The molecule has 4 rings (SSSR count). The fourth-order valence-corrected chi connectivity index (χ4v) is 5.18. The molecule has 1 amide bonds. The lowest BCUT2D eigenvalue weighted by Gasteiger charge is -2.30. The maximum absolute atomic E-state index is 12.8. The third kappa shape index (κ3) is 5.29. The standard InChI is InChI=1S/C28H36N4O/c1-18-14-19(2)27(20(3)15-18)28(33)29-17-21-10-12-22(13-11-21)30-26-16-25(32(4)5)23-8-6-7-9-24(23)31-26/h6-9,14-16,21-22H,10-13,17H2,1-5H3,(H,29,33)(H,30,31)/t21-,22+. The number of anilines is 2. The number of amides is 1. The first-order valence-electron chi connectivity index (χ1n) is 12.0. The number of benzene rings is 2. The summed E-state index contributed by atoms with van der Waals surface area (Å²) in [4.78, 5) is 19.8. The molecule has 0 atom stereocenters. The van der Waals surface area contributed by atoms with E-state index in [0.717, 1.165) is 60.3 Å². The fraction of sp³-hybridized carbons (Fsp3) is 0.429. The van der Waals surface area contributed by atoms with Crippen molar-refractivity contribution in [3.05, 3.63) is 64.7 Å². The number of aryl methyl sites for hydroxylation is 3. The molecule has 5 heteroatoms. The quantitative estimate of drug-likeness (QED) is 0.518. The number of hydrogen-bond acceptors (Lipinski definition) is 4. The van der Waals surface area contributed by atoms with Crippen LogP contribution in [0, 0.1) is 26.7 Å². The Morgan fingerprint density at radius 3 is 2.33 bits per heavy atom. The molecule has 5 nitrogen and oxygen atoms in total. The van der Waals surface area contributed by atoms with E-state index in [0.29, 0.717) is 12.0 Å². The van der Waals surface area contributed by atoms with E-state index in [1.807, 2.05) is 19.9 Å². The van der Waals surface area contributed by atoms with Crippen LogP contribution in [0.3, 0.4) is 0 Å². The van der Waals surface area contributed by atoms with Crippen LogP contribution in [-0.2, 0) is 0 Å². The molecule has 0 spiro atoms. The summed E-state index contributed by atoms with van der Waals surface area (Å²) >= 11 is 0. The van der Waals surface area contributed by atoms with Gasteiger partial charge in [0, 0.05) is 49.4 Å². The van der Waals surface area contributed by atoms with Crippen LogP contribution in [0.4, 0.5) is 11.5 Å². The molecule has 33 heavy (non-hydrogen) atoms. The SMILES string of the molecule is Cc1cc(C)c(C(=O)NC[C@H]2CC[C@@H](Nc3cc(N(C)C)c4ccccc4n3)CC2)c(C)c1. The number of fused-ring (bicyclic) bond motifs is 1. The Morgan fingerprint density at radius 2 is 1.67 bits per heavy atom. The molecule has 3 aromatic rings. The van der Waals surface area contributed by atoms with E-state index in [1.54, 1.807) is 0 Å². The van der Waals surface area contributed by atoms with E-state index in [4.69, 9.17) is 4.98 Å². The van der Waals surface area contributed by atoms with Crippen molar-refractivity contribution < 1.29 is 4.79 Å². The summed E-state index contributed by atoms with van der Waals surface area (Å²) in [6.45, 7) is 6.86. The zero-order valence-corrected chi connectivity index (χ0v) is 20.5. The van der Waals surface area contributed by atoms with Crippen molar-refractivity contribution in [1.82, 2.24) is 10.3 Å². The van der Waals surface area contributed by atoms with Crippen LogP contribution >= 0.6 is 0 Å². The molecule has 1 fully saturated rings. The third-order valence-corrected chi connectivity index (χ3v) is 6.83. The molecule has 1 aliphatic carbocycles. The number of rotatable bonds is 6. The number of nitrogens with one attached hydrogen (secondary N) is 2. The van der Waals surface area contributed by atoms with Gasteiger partial charge in [-0.3, -0.25) is 4.79 Å². The van der Waals surface area contributed by atoms with Crippen LogP contribution in [0.25, 0.3) is 10.9 Å². The van der Waals surface area contributed by atoms with E-state index < -0.39 is 0 Å². The molecule has 0 aliphatic heterocycles. The molecule has 174 valence electrons. The maximum atomic E-state index is 12.8. The van der Waals surface area contributed by atoms with Gasteiger partial charge in [-0.05, 0) is 69.6 Å². The van der Waals surface area contributed by atoms with Gasteiger partial charge in [0.2, 0.25) is 0 Å². The van der Waals surface area contributed by atoms with Gasteiger partial charge in [0.25, 0.3) is 5.91 Å². The van der Waals surface area contributed by atoms with Crippen molar-refractivity contribution in [2.45, 2.75) is 52.5 Å². The van der Waals surface area contributed by atoms with Gasteiger partial charge in [0.1, 0.15) is 5.82 Å². The number of pyridine rings is 1. The molecule has 1 aromatic heterocycles. The lowest BCUT2D eigenvalue weighted by atomic mass is 9.86. The first kappa shape index (κ1) is 23.1. The highest BCUT2D eigenvalue weighted by Gasteiger charge is 2.23. The average molecular weight is 445 g/mol. The summed E-state index contributed by atoms with van der Waals surface area (Å²) in [5.74, 6) is 1.53. The van der Waals surface area contributed by atoms with Crippen molar-refractivity contribution >= 4 is 28.3 Å². The van der Waals surface area contributed by atoms with Crippen LogP contribution in [0.5, 0.6) is 0 Å². The monoisotopic (exact) mass is 444 g/mol. The van der Waals surface area contributed by atoms with Gasteiger partial charge in [-0.2, -0.15) is 0 Å². The van der Waals surface area contributed by atoms with Crippen LogP contribution in [-0.4, -0.2) is 37.6 Å². The summed E-state index contributed by atoms with van der Waals surface area (Å²) < 4.78 is 0. The topological polar surface area (TPSA) is 57.3 Å². The zero-order chi connectivity index (χ0) is 23.5. The molecule has 1 heterocycles. The van der Waals surface area contributed by atoms with Crippen molar-refractivity contribution in [2.24, 2.45) is 5.92 Å². The summed E-state index contributed by atoms with van der Waals surface area (Å²) in [6, 6.07) is 15.0. The van der Waals surface area contributed by atoms with Crippen molar-refractivity contribution in [3.63, 3.8) is 0 Å². The second-order valence-electron chi connectivity index (χ2n) is 9.78. The number of carbonyl (C=O) groups is 1. The fourth-order valence-electron chi connectivity index (χ4n) is 5.18. The van der Waals surface area contributed by atoms with Gasteiger partial charge in [-0.25, -0.2) is 4.98 Å². The second-order valence-corrected chi connectivity index (χ2v) is 9.78. The molecule has 2 N–H and O–H groups in total. The lowest BCUT2D eigenvalue weighted by molar-refractivity contribution is 0.0942. The number of nitrogens with zero attached hydrogens (tertiary/aromatic N) is 2. The summed E-state index contributed by atoms with van der Waals surface area (Å²) in [6.07, 6.45) is 4.40. The van der Waals surface area contributed by atoms with Crippen molar-refractivity contribution in [3.8, 4) is 0 Å². The minimum Gasteiger partial charge on any atom is -0.377 e. The van der Waals surface area contributed by atoms with Crippen molar-refractivity contribution in [1.29, 1.82) is 0 Å². The Bertz CT molecular complexity index is 1120. The Hall–Kier alpha value is -3.08. The van der Waals surface area contributed by atoms with E-state index in [2.05, 4.69) is 73.0 Å². The Labute approximate surface area is 197 Å². The Morgan fingerprint density at radius 1 is 1.00 bits per heavy atom. The van der Waals surface area contributed by atoms with Gasteiger partial charge >= 0.3 is 0 Å². The van der Waals surface area contributed by atoms with Crippen LogP contribution < -0.4 is 15.5 Å². The number of aromatic nitrogens is 1. The average Bonchev–Trinajstić information content (AvgIpc) is 2.77. The Kier molecular flexibility index (Phi) is 6.87. The van der Waals surface area contributed by atoms with Gasteiger partial charge in [0.05, 0.1) is 5.52 Å². The highest BCUT2D eigenvalue weighted by molar-refractivity contribution is 5.97. The van der Waals surface area contributed by atoms with E-state index in [9.17, 15) is 4.79 Å². The molecule has 2 aromatic carbocycles. The zero-order valence-electron chi connectivity index (χ0n) is 20.5. The Balaban J connectivity index is 1.33. The number of hydrogen-bond donors (Lipinski definition) is 2. The first-order chi connectivity index (χ1) is 15.8. The van der Waals surface area contributed by atoms with Gasteiger partial charge in [-0.1, -0.05) is 35.9 Å². The molecule has 1 aliphatic rings. The highest BCUT2D eigenvalue weighted by atomic mass is 16.1. The molecular formula is C28H36N4O. The minimum absolute atomic E-state index is 0.0572. The van der Waals surface area contributed by atoms with Gasteiger partial charge in [-0.15, -0.1) is 0 Å². The molecule has 1 saturated carbocycles. The minimum atomic E-state index is 0.0572. The first-order valence-corrected chi connectivity index (χ1v) is 12.0. The largest absolute Gasteiger partial charge is 0.377 e. The predicted molar refractivity (Wildman–Crippen MR) is 138 cm³/mol. The van der Waals surface area contributed by atoms with Crippen molar-refractivity contribution in [2.75, 3.05) is 30.9 Å². The summed E-state index contributed by atoms with van der Waals surface area (Å²) in [5, 5.41) is 8.04. The van der Waals surface area contributed by atoms with Gasteiger partial charge in [0.15, 0.2) is 0 Å². The van der Waals surface area contributed by atoms with Gasteiger partial charge < -0.3 is 15.5 Å². The summed E-state index contributed by atoms with van der Waals surface area (Å²) in [5.41, 5.74) is 6.34. The van der Waals surface area contributed by atoms with Crippen LogP contribution in [0.15, 0.2) is 42.5 Å². The predicted octanol–water partition coefficient (Wildman–Crippen LogP) is 5.63. The second kappa shape index (κ2) is 9.82. The highest BCUT2D eigenvalue weighted by Crippen LogP contribution is 2.30. The van der Waals surface area contributed by atoms with E-state index >= 15 is 0 Å². The summed E-state index contributed by atoms with van der Waals surface area (Å²) in [7, 11) is 4.15. The number of para-hydroxylation sites is 1. The molecule has 0 bridgehead atoms. The maximum Gasteiger partial charge on any atom is 0.251 e. The molecule has 0 radical (unpaired) electrons. The third-order valence-electron chi connectivity index (χ3n) is 6.83. The van der Waals surface area contributed by atoms with E-state index in [-0.39, 0.29) is 5.91 Å². The molecule has 0 saturated heterocycles. The molecular weight excluding hydrogens is 408 g/mol. The van der Waals surface area contributed by atoms with E-state index in [1.165, 1.54) is 16.6 Å². The lowest BCUT2D eigenvalue weighted by Crippen LogP contribution is -2.34. The normalized spacial score (nSPS) is 18.2. The van der Waals surface area contributed by atoms with Crippen LogP contribution in [0.1, 0.15) is 52.7 Å². The smallest absolute Gasteiger partial charge is 0.251 e. The van der Waals surface area contributed by atoms with Crippen LogP contribution in [0.2, 0.25) is 0 Å².